The highest BCUT2D eigenvalue weighted by molar-refractivity contribution is 5.40. The predicted molar refractivity (Wildman–Crippen MR) is 41.1 cm³/mol. The molecule has 5 nitrogen and oxygen atoms in total. The summed E-state index contributed by atoms with van der Waals surface area (Å²) in [5.41, 5.74) is 5.44. The zero-order chi connectivity index (χ0) is 9.14. The number of nitrogens with two attached hydrogens (primary N) is 1. The van der Waals surface area contributed by atoms with Crippen LogP contribution in [0.25, 0.3) is 0 Å². The monoisotopic (exact) mass is 167 g/mol. The molecule has 1 rings (SSSR count). The van der Waals surface area contributed by atoms with E-state index in [4.69, 9.17) is 20.1 Å². The van der Waals surface area contributed by atoms with E-state index in [9.17, 15) is 0 Å². The number of hydrogen-bond donors (Lipinski definition) is 1. The molecule has 0 radical (unpaired) electrons. The Morgan fingerprint density at radius 1 is 1.75 bits per heavy atom. The lowest BCUT2D eigenvalue weighted by Crippen LogP contribution is -1.95. The highest BCUT2D eigenvalue weighted by Gasteiger charge is 2.14. The summed E-state index contributed by atoms with van der Waals surface area (Å²) in [6.45, 7) is 1.76. The molecular formula is C7H9N3O2. The van der Waals surface area contributed by atoms with Gasteiger partial charge in [0.25, 0.3) is 0 Å². The van der Waals surface area contributed by atoms with Gasteiger partial charge in [0.1, 0.15) is 12.2 Å². The van der Waals surface area contributed by atoms with Crippen molar-refractivity contribution in [3.8, 4) is 6.07 Å². The van der Waals surface area contributed by atoms with Crippen molar-refractivity contribution in [2.24, 2.45) is 0 Å². The summed E-state index contributed by atoms with van der Waals surface area (Å²) in [6, 6.07) is 1.81. The summed E-state index contributed by atoms with van der Waals surface area (Å²) in [6.07, 6.45) is -0.283. The second kappa shape index (κ2) is 3.24. The fourth-order valence-electron chi connectivity index (χ4n) is 0.704. The summed E-state index contributed by atoms with van der Waals surface area (Å²) in [5, 5.41) is 8.49. The van der Waals surface area contributed by atoms with Gasteiger partial charge in [0.2, 0.25) is 17.5 Å². The lowest BCUT2D eigenvalue weighted by atomic mass is 10.4. The van der Waals surface area contributed by atoms with Crippen molar-refractivity contribution in [2.45, 2.75) is 13.0 Å². The number of aromatic nitrogens is 1. The van der Waals surface area contributed by atoms with Crippen LogP contribution in [-0.2, 0) is 4.74 Å². The third-order valence-corrected chi connectivity index (χ3v) is 1.48. The second-order valence-electron chi connectivity index (χ2n) is 2.25. The van der Waals surface area contributed by atoms with Crippen molar-refractivity contribution in [1.29, 1.82) is 5.26 Å². The summed E-state index contributed by atoms with van der Waals surface area (Å²) in [5.74, 6) is 0.364. The minimum absolute atomic E-state index is 0.0383. The third kappa shape index (κ3) is 1.38. The van der Waals surface area contributed by atoms with E-state index in [-0.39, 0.29) is 17.7 Å². The molecule has 1 heterocycles. The molecule has 0 aliphatic rings. The number of nitrogens with zero attached hydrogens (tertiary/aromatic N) is 2. The first-order chi connectivity index (χ1) is 5.69. The third-order valence-electron chi connectivity index (χ3n) is 1.48. The Morgan fingerprint density at radius 2 is 2.42 bits per heavy atom. The Kier molecular flexibility index (Phi) is 2.31. The Bertz CT molecular complexity index is 313. The van der Waals surface area contributed by atoms with Crippen molar-refractivity contribution < 1.29 is 9.15 Å². The maximum absolute atomic E-state index is 8.49. The molecule has 0 saturated heterocycles. The molecule has 0 aliphatic heterocycles. The van der Waals surface area contributed by atoms with Gasteiger partial charge in [-0.25, -0.2) is 0 Å². The molecule has 0 bridgehead atoms. The van der Waals surface area contributed by atoms with Gasteiger partial charge >= 0.3 is 0 Å². The van der Waals surface area contributed by atoms with Crippen molar-refractivity contribution >= 4 is 5.88 Å². The molecule has 64 valence electrons. The van der Waals surface area contributed by atoms with Crippen LogP contribution >= 0.6 is 0 Å². The maximum atomic E-state index is 8.49. The van der Waals surface area contributed by atoms with Crippen molar-refractivity contribution in [3.63, 3.8) is 0 Å². The van der Waals surface area contributed by atoms with Crippen LogP contribution in [0.2, 0.25) is 0 Å². The summed E-state index contributed by atoms with van der Waals surface area (Å²) in [7, 11) is 1.52. The largest absolute Gasteiger partial charge is 0.421 e. The fraction of sp³-hybridized carbons (Fsp3) is 0.429. The van der Waals surface area contributed by atoms with Gasteiger partial charge in [-0.05, 0) is 6.92 Å². The van der Waals surface area contributed by atoms with Crippen molar-refractivity contribution in [2.75, 3.05) is 12.8 Å². The number of anilines is 1. The molecule has 1 aromatic heterocycles. The first kappa shape index (κ1) is 8.56. The normalized spacial score (nSPS) is 12.4. The number of methoxy groups -OCH3 is 1. The molecule has 0 aliphatic carbocycles. The van der Waals surface area contributed by atoms with E-state index in [0.717, 1.165) is 0 Å². The molecule has 12 heavy (non-hydrogen) atoms. The van der Waals surface area contributed by atoms with Gasteiger partial charge < -0.3 is 14.9 Å². The van der Waals surface area contributed by atoms with Crippen LogP contribution in [0.1, 0.15) is 24.6 Å². The van der Waals surface area contributed by atoms with Crippen LogP contribution in [0, 0.1) is 11.3 Å². The Hall–Kier alpha value is -1.54. The van der Waals surface area contributed by atoms with Gasteiger partial charge in [0.05, 0.1) is 0 Å². The summed E-state index contributed by atoms with van der Waals surface area (Å²) < 4.78 is 9.91. The molecule has 1 atom stereocenters. The highest BCUT2D eigenvalue weighted by Crippen LogP contribution is 2.19. The molecule has 1 unspecified atom stereocenters. The van der Waals surface area contributed by atoms with Gasteiger partial charge in [-0.1, -0.05) is 0 Å². The van der Waals surface area contributed by atoms with Crippen LogP contribution in [0.15, 0.2) is 4.42 Å². The number of rotatable bonds is 2. The summed E-state index contributed by atoms with van der Waals surface area (Å²) in [4.78, 5) is 3.82. The van der Waals surface area contributed by atoms with E-state index < -0.39 is 0 Å². The summed E-state index contributed by atoms with van der Waals surface area (Å²) >= 11 is 0. The molecule has 5 heteroatoms. The van der Waals surface area contributed by atoms with E-state index in [0.29, 0.717) is 5.89 Å². The SMILES string of the molecule is COC(C)c1nc(C#N)c(N)o1. The number of hydrogen-bond acceptors (Lipinski definition) is 5. The van der Waals surface area contributed by atoms with Crippen LogP contribution < -0.4 is 5.73 Å². The van der Waals surface area contributed by atoms with Crippen molar-refractivity contribution in [3.05, 3.63) is 11.6 Å². The number of nitriles is 1. The molecule has 0 amide bonds. The molecule has 0 fully saturated rings. The van der Waals surface area contributed by atoms with Crippen LogP contribution in [-0.4, -0.2) is 12.1 Å². The molecule has 0 aromatic carbocycles. The van der Waals surface area contributed by atoms with E-state index >= 15 is 0 Å². The lowest BCUT2D eigenvalue weighted by molar-refractivity contribution is 0.0956. The Balaban J connectivity index is 2.98. The molecule has 2 N–H and O–H groups in total. The predicted octanol–water partition coefficient (Wildman–Crippen LogP) is 0.836. The Morgan fingerprint density at radius 3 is 2.83 bits per heavy atom. The average Bonchev–Trinajstić information content (AvgIpc) is 2.45. The topological polar surface area (TPSA) is 85.1 Å². The quantitative estimate of drug-likeness (QED) is 0.705. The van der Waals surface area contributed by atoms with Gasteiger partial charge in [-0.2, -0.15) is 10.2 Å². The second-order valence-corrected chi connectivity index (χ2v) is 2.25. The van der Waals surface area contributed by atoms with Gasteiger partial charge in [-0.3, -0.25) is 0 Å². The standard InChI is InChI=1S/C7H9N3O2/c1-4(11-2)7-10-5(3-8)6(9)12-7/h4H,9H2,1-2H3. The maximum Gasteiger partial charge on any atom is 0.229 e. The van der Waals surface area contributed by atoms with E-state index in [1.165, 1.54) is 7.11 Å². The minimum Gasteiger partial charge on any atom is -0.421 e. The fourth-order valence-corrected chi connectivity index (χ4v) is 0.704. The van der Waals surface area contributed by atoms with Crippen LogP contribution in [0.5, 0.6) is 0 Å². The van der Waals surface area contributed by atoms with Crippen molar-refractivity contribution in [1.82, 2.24) is 4.98 Å². The van der Waals surface area contributed by atoms with Crippen LogP contribution in [0.4, 0.5) is 5.88 Å². The lowest BCUT2D eigenvalue weighted by Gasteiger charge is -2.01. The minimum atomic E-state index is -0.283. The smallest absolute Gasteiger partial charge is 0.229 e. The molecule has 0 saturated carbocycles. The van der Waals surface area contributed by atoms with E-state index in [1.54, 1.807) is 6.92 Å². The number of ether oxygens (including phenoxy) is 1. The first-order valence-electron chi connectivity index (χ1n) is 3.38. The van der Waals surface area contributed by atoms with Gasteiger partial charge in [0.15, 0.2) is 0 Å². The van der Waals surface area contributed by atoms with Crippen LogP contribution in [0.3, 0.4) is 0 Å². The van der Waals surface area contributed by atoms with Gasteiger partial charge in [-0.15, -0.1) is 0 Å². The first-order valence-corrected chi connectivity index (χ1v) is 3.38. The number of oxazole rings is 1. The van der Waals surface area contributed by atoms with E-state index in [1.807, 2.05) is 6.07 Å². The number of nitrogen functional groups attached to an aromatic ring is 1. The van der Waals surface area contributed by atoms with Gasteiger partial charge in [0, 0.05) is 7.11 Å². The zero-order valence-corrected chi connectivity index (χ0v) is 6.87. The zero-order valence-electron chi connectivity index (χ0n) is 6.87. The Labute approximate surface area is 69.8 Å². The molecular weight excluding hydrogens is 158 g/mol. The van der Waals surface area contributed by atoms with E-state index in [2.05, 4.69) is 4.98 Å². The highest BCUT2D eigenvalue weighted by atomic mass is 16.5. The average molecular weight is 167 g/mol. The molecule has 0 spiro atoms. The molecule has 1 aromatic rings.